The second-order valence-electron chi connectivity index (χ2n) is 7.20. The Morgan fingerprint density at radius 1 is 1.27 bits per heavy atom. The highest BCUT2D eigenvalue weighted by atomic mass is 16.5. The summed E-state index contributed by atoms with van der Waals surface area (Å²) in [5.41, 5.74) is 2.54. The molecule has 0 radical (unpaired) electrons. The molecule has 0 aromatic heterocycles. The number of benzene rings is 1. The summed E-state index contributed by atoms with van der Waals surface area (Å²) in [5.74, 6) is 0.848. The zero-order valence-electron chi connectivity index (χ0n) is 14.9. The van der Waals surface area contributed by atoms with E-state index in [0.29, 0.717) is 13.2 Å². The first-order valence-corrected chi connectivity index (χ1v) is 7.97. The molecule has 1 rings (SSSR count). The highest BCUT2D eigenvalue weighted by Gasteiger charge is 2.15. The van der Waals surface area contributed by atoms with Gasteiger partial charge in [-0.25, -0.2) is 0 Å². The lowest BCUT2D eigenvalue weighted by Gasteiger charge is -2.21. The Balaban J connectivity index is 2.41. The third-order valence-corrected chi connectivity index (χ3v) is 3.59. The molecule has 0 saturated heterocycles. The van der Waals surface area contributed by atoms with Crippen molar-refractivity contribution in [2.45, 2.75) is 39.2 Å². The van der Waals surface area contributed by atoms with Crippen molar-refractivity contribution in [3.8, 4) is 5.75 Å². The summed E-state index contributed by atoms with van der Waals surface area (Å²) < 4.78 is 5.74. The van der Waals surface area contributed by atoms with Gasteiger partial charge in [-0.3, -0.25) is 0 Å². The maximum absolute atomic E-state index is 9.95. The van der Waals surface area contributed by atoms with Gasteiger partial charge in [0.1, 0.15) is 18.5 Å². The zero-order chi connectivity index (χ0) is 16.8. The Labute approximate surface area is 135 Å². The Kier molecular flexibility index (Phi) is 7.33. The molecule has 22 heavy (non-hydrogen) atoms. The van der Waals surface area contributed by atoms with E-state index in [1.165, 1.54) is 5.56 Å². The predicted octanol–water partition coefficient (Wildman–Crippen LogP) is 2.18. The van der Waals surface area contributed by atoms with Crippen LogP contribution in [0.15, 0.2) is 18.2 Å². The molecule has 0 aliphatic heterocycles. The topological polar surface area (TPSA) is 44.7 Å². The van der Waals surface area contributed by atoms with E-state index in [0.717, 1.165) is 24.4 Å². The lowest BCUT2D eigenvalue weighted by atomic mass is 9.86. The van der Waals surface area contributed by atoms with Crippen LogP contribution in [0.1, 0.15) is 31.9 Å². The molecule has 0 saturated carbocycles. The summed E-state index contributed by atoms with van der Waals surface area (Å²) in [5, 5.41) is 13.2. The van der Waals surface area contributed by atoms with E-state index >= 15 is 0 Å². The van der Waals surface area contributed by atoms with Crippen LogP contribution < -0.4 is 10.1 Å². The van der Waals surface area contributed by atoms with Crippen LogP contribution >= 0.6 is 0 Å². The molecule has 0 unspecified atom stereocenters. The molecule has 0 heterocycles. The highest BCUT2D eigenvalue weighted by molar-refractivity contribution is 5.38. The number of hydrogen-bond donors (Lipinski definition) is 2. The van der Waals surface area contributed by atoms with E-state index in [-0.39, 0.29) is 5.41 Å². The van der Waals surface area contributed by atoms with Crippen molar-refractivity contribution in [1.82, 2.24) is 10.2 Å². The Morgan fingerprint density at radius 2 is 1.95 bits per heavy atom. The number of aryl methyl sites for hydroxylation is 1. The quantitative estimate of drug-likeness (QED) is 0.723. The minimum Gasteiger partial charge on any atom is -0.491 e. The fourth-order valence-corrected chi connectivity index (χ4v) is 2.09. The number of ether oxygens (including phenoxy) is 1. The number of aliphatic hydroxyl groups is 1. The molecular weight excluding hydrogens is 276 g/mol. The van der Waals surface area contributed by atoms with Crippen molar-refractivity contribution in [2.75, 3.05) is 40.3 Å². The van der Waals surface area contributed by atoms with E-state index < -0.39 is 6.10 Å². The van der Waals surface area contributed by atoms with Crippen LogP contribution in [0.5, 0.6) is 5.75 Å². The van der Waals surface area contributed by atoms with Crippen LogP contribution in [0.25, 0.3) is 0 Å². The second kappa shape index (κ2) is 8.51. The predicted molar refractivity (Wildman–Crippen MR) is 92.8 cm³/mol. The van der Waals surface area contributed by atoms with Gasteiger partial charge in [-0.05, 0) is 43.6 Å². The third kappa shape index (κ3) is 6.77. The first-order valence-electron chi connectivity index (χ1n) is 7.97. The lowest BCUT2D eigenvalue weighted by Crippen LogP contribution is -2.35. The number of rotatable bonds is 8. The van der Waals surface area contributed by atoms with Crippen LogP contribution in [0.4, 0.5) is 0 Å². The summed E-state index contributed by atoms with van der Waals surface area (Å²) >= 11 is 0. The first-order chi connectivity index (χ1) is 10.2. The van der Waals surface area contributed by atoms with Gasteiger partial charge in [-0.1, -0.05) is 32.9 Å². The Hall–Kier alpha value is -1.10. The maximum atomic E-state index is 9.95. The van der Waals surface area contributed by atoms with E-state index in [2.05, 4.69) is 43.1 Å². The van der Waals surface area contributed by atoms with Crippen LogP contribution in [-0.4, -0.2) is 56.4 Å². The van der Waals surface area contributed by atoms with Crippen molar-refractivity contribution in [3.63, 3.8) is 0 Å². The number of nitrogens with zero attached hydrogens (tertiary/aromatic N) is 1. The first kappa shape index (κ1) is 18.9. The van der Waals surface area contributed by atoms with Crippen LogP contribution in [0.3, 0.4) is 0 Å². The standard InChI is InChI=1S/C18H32N2O2/c1-14-11-15(18(2,3)4)7-8-17(14)22-13-16(21)12-19-9-10-20(5)6/h7-8,11,16,19,21H,9-10,12-13H2,1-6H3/t16-/m0/s1. The van der Waals surface area contributed by atoms with Gasteiger partial charge >= 0.3 is 0 Å². The molecule has 1 atom stereocenters. The molecule has 0 aliphatic carbocycles. The van der Waals surface area contributed by atoms with Gasteiger partial charge in [0.05, 0.1) is 0 Å². The SMILES string of the molecule is Cc1cc(C(C)(C)C)ccc1OC[C@@H](O)CNCCN(C)C. The lowest BCUT2D eigenvalue weighted by molar-refractivity contribution is 0.106. The molecule has 2 N–H and O–H groups in total. The maximum Gasteiger partial charge on any atom is 0.122 e. The summed E-state index contributed by atoms with van der Waals surface area (Å²) in [7, 11) is 4.07. The number of aliphatic hydroxyl groups excluding tert-OH is 1. The minimum absolute atomic E-state index is 0.138. The van der Waals surface area contributed by atoms with E-state index in [1.54, 1.807) is 0 Å². The van der Waals surface area contributed by atoms with Gasteiger partial charge in [0.2, 0.25) is 0 Å². The number of hydrogen-bond acceptors (Lipinski definition) is 4. The van der Waals surface area contributed by atoms with Crippen molar-refractivity contribution in [1.29, 1.82) is 0 Å². The van der Waals surface area contributed by atoms with Crippen molar-refractivity contribution < 1.29 is 9.84 Å². The number of nitrogens with one attached hydrogen (secondary N) is 1. The van der Waals surface area contributed by atoms with Crippen LogP contribution in [-0.2, 0) is 5.41 Å². The smallest absolute Gasteiger partial charge is 0.122 e. The highest BCUT2D eigenvalue weighted by Crippen LogP contribution is 2.27. The van der Waals surface area contributed by atoms with Gasteiger partial charge in [0.15, 0.2) is 0 Å². The molecule has 0 fully saturated rings. The fourth-order valence-electron chi connectivity index (χ4n) is 2.09. The molecular formula is C18H32N2O2. The molecule has 1 aromatic rings. The summed E-state index contributed by atoms with van der Waals surface area (Å²) in [6.45, 7) is 11.3. The summed E-state index contributed by atoms with van der Waals surface area (Å²) in [6, 6.07) is 6.27. The van der Waals surface area contributed by atoms with Gasteiger partial charge in [-0.2, -0.15) is 0 Å². The number of likely N-dealkylation sites (N-methyl/N-ethyl adjacent to an activating group) is 1. The molecule has 126 valence electrons. The summed E-state index contributed by atoms with van der Waals surface area (Å²) in [6.07, 6.45) is -0.496. The Bertz CT molecular complexity index is 453. The summed E-state index contributed by atoms with van der Waals surface area (Å²) in [4.78, 5) is 2.11. The molecule has 0 spiro atoms. The third-order valence-electron chi connectivity index (χ3n) is 3.59. The van der Waals surface area contributed by atoms with E-state index in [4.69, 9.17) is 4.74 Å². The molecule has 0 amide bonds. The van der Waals surface area contributed by atoms with Crippen molar-refractivity contribution in [3.05, 3.63) is 29.3 Å². The molecule has 4 heteroatoms. The van der Waals surface area contributed by atoms with Crippen LogP contribution in [0.2, 0.25) is 0 Å². The van der Waals surface area contributed by atoms with Gasteiger partial charge < -0.3 is 20.1 Å². The zero-order valence-corrected chi connectivity index (χ0v) is 14.9. The minimum atomic E-state index is -0.496. The van der Waals surface area contributed by atoms with Gasteiger partial charge in [-0.15, -0.1) is 0 Å². The van der Waals surface area contributed by atoms with Gasteiger partial charge in [0, 0.05) is 19.6 Å². The molecule has 0 bridgehead atoms. The van der Waals surface area contributed by atoms with E-state index in [9.17, 15) is 5.11 Å². The molecule has 0 aliphatic rings. The van der Waals surface area contributed by atoms with Crippen molar-refractivity contribution in [2.24, 2.45) is 0 Å². The fraction of sp³-hybridized carbons (Fsp3) is 0.667. The monoisotopic (exact) mass is 308 g/mol. The van der Waals surface area contributed by atoms with Gasteiger partial charge in [0.25, 0.3) is 0 Å². The normalized spacial score (nSPS) is 13.5. The molecule has 4 nitrogen and oxygen atoms in total. The van der Waals surface area contributed by atoms with E-state index in [1.807, 2.05) is 27.1 Å². The second-order valence-corrected chi connectivity index (χ2v) is 7.20. The Morgan fingerprint density at radius 3 is 2.50 bits per heavy atom. The van der Waals surface area contributed by atoms with Crippen LogP contribution in [0, 0.1) is 6.92 Å². The average molecular weight is 308 g/mol. The average Bonchev–Trinajstić information content (AvgIpc) is 2.41. The molecule has 1 aromatic carbocycles. The largest absolute Gasteiger partial charge is 0.491 e. The van der Waals surface area contributed by atoms with Crippen molar-refractivity contribution >= 4 is 0 Å².